The van der Waals surface area contributed by atoms with Crippen molar-refractivity contribution in [1.82, 2.24) is 15.2 Å². The number of aromatic nitrogens is 3. The zero-order chi connectivity index (χ0) is 23.5. The van der Waals surface area contributed by atoms with Crippen LogP contribution in [0, 0.1) is 0 Å². The Morgan fingerprint density at radius 2 is 2.03 bits per heavy atom. The fraction of sp³-hybridized carbons (Fsp3) is 0.304. The van der Waals surface area contributed by atoms with Crippen LogP contribution in [0.1, 0.15) is 32.1 Å². The molecule has 0 saturated carbocycles. The Labute approximate surface area is 204 Å². The molecular weight excluding hydrogens is 508 g/mol. The van der Waals surface area contributed by atoms with Crippen molar-refractivity contribution in [3.05, 3.63) is 46.4 Å². The molecule has 1 atom stereocenters. The Morgan fingerprint density at radius 1 is 1.24 bits per heavy atom. The summed E-state index contributed by atoms with van der Waals surface area (Å²) in [6, 6.07) is 11.2. The normalized spacial score (nSPS) is 14.6. The molecule has 172 valence electrons. The summed E-state index contributed by atoms with van der Waals surface area (Å²) in [5.41, 5.74) is 2.57. The third kappa shape index (κ3) is 4.37. The number of fused-ring (bicyclic) bond motifs is 3. The maximum absolute atomic E-state index is 13.3. The van der Waals surface area contributed by atoms with Gasteiger partial charge in [0, 0.05) is 17.5 Å². The van der Waals surface area contributed by atoms with E-state index >= 15 is 0 Å². The van der Waals surface area contributed by atoms with Crippen molar-refractivity contribution in [3.8, 4) is 28.6 Å². The summed E-state index contributed by atoms with van der Waals surface area (Å²) >= 11 is 4.93. The minimum absolute atomic E-state index is 0.108. The number of rotatable bonds is 6. The van der Waals surface area contributed by atoms with E-state index in [0.717, 1.165) is 5.56 Å². The molecule has 0 unspecified atom stereocenters. The molecule has 0 bridgehead atoms. The maximum Gasteiger partial charge on any atom is 0.247 e. The lowest BCUT2D eigenvalue weighted by Gasteiger charge is -2.31. The van der Waals surface area contributed by atoms with E-state index < -0.39 is 6.23 Å². The molecule has 4 rings (SSSR count). The molecule has 0 N–H and O–H groups in total. The van der Waals surface area contributed by atoms with E-state index in [9.17, 15) is 4.79 Å². The van der Waals surface area contributed by atoms with Crippen LogP contribution in [0.15, 0.2) is 46.0 Å². The first-order valence-corrected chi connectivity index (χ1v) is 12.4. The maximum atomic E-state index is 13.3. The van der Waals surface area contributed by atoms with Gasteiger partial charge in [0.25, 0.3) is 0 Å². The Bertz CT molecular complexity index is 1190. The predicted molar refractivity (Wildman–Crippen MR) is 130 cm³/mol. The summed E-state index contributed by atoms with van der Waals surface area (Å²) in [6.45, 7) is 4.17. The summed E-state index contributed by atoms with van der Waals surface area (Å²) < 4.78 is 18.4. The molecule has 1 aliphatic rings. The topological polar surface area (TPSA) is 86.7 Å². The minimum Gasteiger partial charge on any atom is -0.492 e. The first kappa shape index (κ1) is 23.3. The molecule has 0 spiro atoms. The van der Waals surface area contributed by atoms with Crippen LogP contribution in [0.2, 0.25) is 0 Å². The number of hydrogen-bond donors (Lipinski definition) is 0. The monoisotopic (exact) mass is 530 g/mol. The highest BCUT2D eigenvalue weighted by atomic mass is 79.9. The number of anilines is 1. The fourth-order valence-corrected chi connectivity index (χ4v) is 4.57. The molecule has 0 fully saturated rings. The Balaban J connectivity index is 1.97. The van der Waals surface area contributed by atoms with Crippen LogP contribution >= 0.6 is 27.7 Å². The standard InChI is InChI=1S/C23H23BrN4O4S/c1-5-18(29)28-16-10-8-7-9-14(16)19-21(25-23(33-4)27-26-19)32-22(28)13-11-15(24)20(30-3)17(12-13)31-6-2/h7-12,22H,5-6H2,1-4H3/t22-/m0/s1. The van der Waals surface area contributed by atoms with Gasteiger partial charge in [0.15, 0.2) is 17.2 Å². The van der Waals surface area contributed by atoms with Crippen molar-refractivity contribution in [2.24, 2.45) is 0 Å². The summed E-state index contributed by atoms with van der Waals surface area (Å²) in [7, 11) is 1.58. The molecule has 10 heteroatoms. The van der Waals surface area contributed by atoms with Crippen LogP contribution in [0.25, 0.3) is 11.3 Å². The van der Waals surface area contributed by atoms with Crippen LogP contribution in [0.4, 0.5) is 5.69 Å². The average molecular weight is 531 g/mol. The lowest BCUT2D eigenvalue weighted by atomic mass is 10.1. The number of benzene rings is 2. The molecule has 0 saturated heterocycles. The second-order valence-electron chi connectivity index (χ2n) is 7.02. The van der Waals surface area contributed by atoms with E-state index in [2.05, 4.69) is 31.1 Å². The summed E-state index contributed by atoms with van der Waals surface area (Å²) in [5.74, 6) is 1.31. The second kappa shape index (κ2) is 9.96. The van der Waals surface area contributed by atoms with Gasteiger partial charge in [0.1, 0.15) is 0 Å². The lowest BCUT2D eigenvalue weighted by Crippen LogP contribution is -2.37. The zero-order valence-electron chi connectivity index (χ0n) is 18.7. The molecule has 2 heterocycles. The van der Waals surface area contributed by atoms with Crippen molar-refractivity contribution < 1.29 is 19.0 Å². The van der Waals surface area contributed by atoms with E-state index in [4.69, 9.17) is 14.2 Å². The number of nitrogens with zero attached hydrogens (tertiary/aromatic N) is 4. The molecule has 2 aromatic carbocycles. The Morgan fingerprint density at radius 3 is 2.73 bits per heavy atom. The number of ether oxygens (including phenoxy) is 3. The number of para-hydroxylation sites is 1. The van der Waals surface area contributed by atoms with Gasteiger partial charge >= 0.3 is 0 Å². The van der Waals surface area contributed by atoms with Gasteiger partial charge in [-0.25, -0.2) is 0 Å². The third-order valence-electron chi connectivity index (χ3n) is 5.09. The van der Waals surface area contributed by atoms with Crippen LogP contribution < -0.4 is 19.1 Å². The number of thioether (sulfide) groups is 1. The minimum atomic E-state index is -0.812. The van der Waals surface area contributed by atoms with Crippen LogP contribution in [-0.4, -0.2) is 41.1 Å². The molecule has 0 radical (unpaired) electrons. The predicted octanol–water partition coefficient (Wildman–Crippen LogP) is 5.26. The highest BCUT2D eigenvalue weighted by Crippen LogP contribution is 2.46. The van der Waals surface area contributed by atoms with Crippen LogP contribution in [0.3, 0.4) is 0 Å². The van der Waals surface area contributed by atoms with Crippen LogP contribution in [-0.2, 0) is 4.79 Å². The van der Waals surface area contributed by atoms with Crippen molar-refractivity contribution >= 4 is 39.3 Å². The first-order valence-electron chi connectivity index (χ1n) is 10.4. The molecule has 0 aliphatic carbocycles. The van der Waals surface area contributed by atoms with Crippen molar-refractivity contribution in [3.63, 3.8) is 0 Å². The molecular formula is C23H23BrN4O4S. The van der Waals surface area contributed by atoms with E-state index in [1.807, 2.05) is 56.5 Å². The van der Waals surface area contributed by atoms with Gasteiger partial charge in [0.2, 0.25) is 23.2 Å². The van der Waals surface area contributed by atoms with Crippen LogP contribution in [0.5, 0.6) is 17.4 Å². The summed E-state index contributed by atoms with van der Waals surface area (Å²) in [4.78, 5) is 19.5. The number of carbonyl (C=O) groups excluding carboxylic acids is 1. The second-order valence-corrected chi connectivity index (χ2v) is 8.65. The Hall–Kier alpha value is -2.85. The van der Waals surface area contributed by atoms with Gasteiger partial charge in [-0.15, -0.1) is 10.2 Å². The highest BCUT2D eigenvalue weighted by Gasteiger charge is 2.36. The largest absolute Gasteiger partial charge is 0.492 e. The molecule has 1 amide bonds. The Kier molecular flexibility index (Phi) is 7.04. The summed E-state index contributed by atoms with van der Waals surface area (Å²) in [6.07, 6.45) is 1.34. The number of halogens is 1. The summed E-state index contributed by atoms with van der Waals surface area (Å²) in [5, 5.41) is 9.05. The van der Waals surface area contributed by atoms with Crippen molar-refractivity contribution in [2.75, 3.05) is 24.9 Å². The van der Waals surface area contributed by atoms with Gasteiger partial charge in [-0.2, -0.15) is 4.98 Å². The van der Waals surface area contributed by atoms with Gasteiger partial charge in [-0.05, 0) is 47.3 Å². The first-order chi connectivity index (χ1) is 16.0. The number of amides is 1. The van der Waals surface area contributed by atoms with E-state index in [0.29, 0.717) is 50.6 Å². The third-order valence-corrected chi connectivity index (χ3v) is 6.21. The number of carbonyl (C=O) groups is 1. The van der Waals surface area contributed by atoms with Gasteiger partial charge in [-0.1, -0.05) is 36.9 Å². The van der Waals surface area contributed by atoms with E-state index in [1.165, 1.54) is 11.8 Å². The zero-order valence-corrected chi connectivity index (χ0v) is 21.1. The van der Waals surface area contributed by atoms with Gasteiger partial charge in [-0.3, -0.25) is 9.69 Å². The van der Waals surface area contributed by atoms with E-state index in [-0.39, 0.29) is 12.3 Å². The molecule has 3 aromatic rings. The van der Waals surface area contributed by atoms with E-state index in [1.54, 1.807) is 12.0 Å². The van der Waals surface area contributed by atoms with Crippen molar-refractivity contribution in [2.45, 2.75) is 31.7 Å². The molecule has 8 nitrogen and oxygen atoms in total. The van der Waals surface area contributed by atoms with Gasteiger partial charge in [0.05, 0.1) is 23.9 Å². The quantitative estimate of drug-likeness (QED) is 0.398. The fourth-order valence-electron chi connectivity index (χ4n) is 3.65. The van der Waals surface area contributed by atoms with Crippen molar-refractivity contribution in [1.29, 1.82) is 0 Å². The smallest absolute Gasteiger partial charge is 0.247 e. The molecule has 1 aliphatic heterocycles. The average Bonchev–Trinajstić information content (AvgIpc) is 2.97. The van der Waals surface area contributed by atoms with Gasteiger partial charge < -0.3 is 14.2 Å². The molecule has 33 heavy (non-hydrogen) atoms. The number of hydrogen-bond acceptors (Lipinski definition) is 8. The number of methoxy groups -OCH3 is 1. The molecule has 1 aromatic heterocycles. The highest BCUT2D eigenvalue weighted by molar-refractivity contribution is 9.10. The SMILES string of the molecule is CCOc1cc([C@@H]2Oc3nc(SC)nnc3-c3ccccc3N2C(=O)CC)cc(Br)c1OC. The lowest BCUT2D eigenvalue weighted by molar-refractivity contribution is -0.120.